The summed E-state index contributed by atoms with van der Waals surface area (Å²) < 4.78 is 29.7. The first kappa shape index (κ1) is 8.54. The number of terminal acetylenes is 1. The fourth-order valence-corrected chi connectivity index (χ4v) is 0.656. The van der Waals surface area contributed by atoms with E-state index in [1.807, 2.05) is 0 Å². The van der Waals surface area contributed by atoms with Gasteiger partial charge in [-0.05, 0) is 6.07 Å². The second-order valence-corrected chi connectivity index (χ2v) is 1.99. The molecule has 0 unspecified atom stereocenters. The van der Waals surface area contributed by atoms with E-state index < -0.39 is 11.6 Å². The predicted octanol–water partition coefficient (Wildman–Crippen LogP) is 1.78. The Morgan fingerprint density at radius 1 is 1.58 bits per heavy atom. The largest absolute Gasteiger partial charge is 0.477 e. The average molecular weight is 167 g/mol. The van der Waals surface area contributed by atoms with Crippen molar-refractivity contribution < 1.29 is 13.5 Å². The number of ether oxygens (including phenoxy) is 1. The Kier molecular flexibility index (Phi) is 2.65. The summed E-state index contributed by atoms with van der Waals surface area (Å²) in [7, 11) is 0. The van der Waals surface area contributed by atoms with Gasteiger partial charge in [-0.25, -0.2) is 8.78 Å². The van der Waals surface area contributed by atoms with Gasteiger partial charge >= 0.3 is 0 Å². The lowest BCUT2D eigenvalue weighted by Crippen LogP contribution is -1.96. The average Bonchev–Trinajstić information content (AvgIpc) is 2.03. The van der Waals surface area contributed by atoms with Crippen LogP contribution in [0.2, 0.25) is 0 Å². The molecule has 0 saturated heterocycles. The molecule has 3 heteroatoms. The van der Waals surface area contributed by atoms with E-state index in [1.165, 1.54) is 0 Å². The molecule has 1 radical (unpaired) electrons. The Morgan fingerprint density at radius 2 is 2.33 bits per heavy atom. The van der Waals surface area contributed by atoms with Crippen molar-refractivity contribution in [3.8, 4) is 18.1 Å². The second kappa shape index (κ2) is 3.72. The molecule has 1 aromatic carbocycles. The van der Waals surface area contributed by atoms with E-state index in [4.69, 9.17) is 11.2 Å². The lowest BCUT2D eigenvalue weighted by Gasteiger charge is -2.01. The number of halogens is 2. The summed E-state index contributed by atoms with van der Waals surface area (Å²) in [6.07, 6.45) is 4.87. The molecular weight excluding hydrogens is 162 g/mol. The van der Waals surface area contributed by atoms with Crippen LogP contribution in [0, 0.1) is 30.0 Å². The minimum Gasteiger partial charge on any atom is -0.477 e. The van der Waals surface area contributed by atoms with Gasteiger partial charge in [-0.15, -0.1) is 6.42 Å². The lowest BCUT2D eigenvalue weighted by atomic mass is 10.3. The first-order chi connectivity index (χ1) is 5.74. The number of rotatable bonds is 2. The Hall–Kier alpha value is -1.56. The zero-order valence-electron chi connectivity index (χ0n) is 6.10. The smallest absolute Gasteiger partial charge is 0.168 e. The lowest BCUT2D eigenvalue weighted by molar-refractivity contribution is 0.345. The molecule has 0 amide bonds. The molecule has 0 aliphatic heterocycles. The summed E-state index contributed by atoms with van der Waals surface area (Å²) in [5.41, 5.74) is 0. The van der Waals surface area contributed by atoms with Gasteiger partial charge in [0, 0.05) is 12.1 Å². The van der Waals surface area contributed by atoms with Gasteiger partial charge in [0.05, 0.1) is 0 Å². The number of hydrogen-bond donors (Lipinski definition) is 0. The maximum atomic E-state index is 12.7. The van der Waals surface area contributed by atoms with Crippen molar-refractivity contribution in [1.82, 2.24) is 0 Å². The third-order valence-corrected chi connectivity index (χ3v) is 1.12. The summed E-state index contributed by atoms with van der Waals surface area (Å²) in [6.45, 7) is -0.0565. The van der Waals surface area contributed by atoms with Crippen LogP contribution in [0.25, 0.3) is 0 Å². The number of benzene rings is 1. The molecule has 0 aliphatic carbocycles. The first-order valence-electron chi connectivity index (χ1n) is 3.17. The Labute approximate surface area is 69.0 Å². The van der Waals surface area contributed by atoms with Crippen LogP contribution in [-0.2, 0) is 0 Å². The predicted molar refractivity (Wildman–Crippen MR) is 39.5 cm³/mol. The summed E-state index contributed by atoms with van der Waals surface area (Å²) in [5.74, 6) is 0.503. The third kappa shape index (κ3) is 1.96. The highest BCUT2D eigenvalue weighted by atomic mass is 19.1. The van der Waals surface area contributed by atoms with Gasteiger partial charge in [0.15, 0.2) is 11.6 Å². The van der Waals surface area contributed by atoms with Gasteiger partial charge in [-0.3, -0.25) is 0 Å². The Morgan fingerprint density at radius 3 is 2.92 bits per heavy atom. The summed E-state index contributed by atoms with van der Waals surface area (Å²) >= 11 is 0. The van der Waals surface area contributed by atoms with E-state index in [0.717, 1.165) is 6.07 Å². The first-order valence-corrected chi connectivity index (χ1v) is 3.17. The molecule has 0 fully saturated rings. The monoisotopic (exact) mass is 167 g/mol. The van der Waals surface area contributed by atoms with Crippen molar-refractivity contribution in [2.24, 2.45) is 0 Å². The third-order valence-electron chi connectivity index (χ3n) is 1.12. The highest BCUT2D eigenvalue weighted by Gasteiger charge is 2.03. The van der Waals surface area contributed by atoms with Crippen LogP contribution in [-0.4, -0.2) is 6.61 Å². The SMILES string of the molecule is C#CCOc1[c]cc(F)cc1F. The standard InChI is InChI=1S/C9H5F2O/c1-2-5-12-9-4-3-7(10)6-8(9)11/h1,3,6H,5H2. The van der Waals surface area contributed by atoms with E-state index in [-0.39, 0.29) is 12.4 Å². The minimum absolute atomic E-state index is 0.0565. The van der Waals surface area contributed by atoms with Crippen molar-refractivity contribution in [2.45, 2.75) is 0 Å². The van der Waals surface area contributed by atoms with E-state index in [2.05, 4.69) is 12.0 Å². The zero-order valence-corrected chi connectivity index (χ0v) is 6.10. The molecule has 61 valence electrons. The molecule has 1 nitrogen and oxygen atoms in total. The van der Waals surface area contributed by atoms with Crippen molar-refractivity contribution >= 4 is 0 Å². The molecular formula is C9H5F2O. The van der Waals surface area contributed by atoms with Crippen LogP contribution in [0.5, 0.6) is 5.75 Å². The van der Waals surface area contributed by atoms with Gasteiger partial charge in [0.2, 0.25) is 0 Å². The van der Waals surface area contributed by atoms with Crippen LogP contribution in [0.4, 0.5) is 8.78 Å². The van der Waals surface area contributed by atoms with E-state index in [0.29, 0.717) is 6.07 Å². The fourth-order valence-electron chi connectivity index (χ4n) is 0.656. The topological polar surface area (TPSA) is 9.23 Å². The quantitative estimate of drug-likeness (QED) is 0.610. The number of hydrogen-bond acceptors (Lipinski definition) is 1. The van der Waals surface area contributed by atoms with Crippen molar-refractivity contribution in [2.75, 3.05) is 6.61 Å². The molecule has 0 atom stereocenters. The molecule has 0 bridgehead atoms. The van der Waals surface area contributed by atoms with E-state index in [9.17, 15) is 8.78 Å². The van der Waals surface area contributed by atoms with Crippen LogP contribution in [0.1, 0.15) is 0 Å². The Bertz CT molecular complexity index is 315. The highest BCUT2D eigenvalue weighted by molar-refractivity contribution is 5.23. The normalized spacial score (nSPS) is 9.08. The molecule has 1 rings (SSSR count). The van der Waals surface area contributed by atoms with Gasteiger partial charge in [0.1, 0.15) is 12.4 Å². The molecule has 0 spiro atoms. The zero-order chi connectivity index (χ0) is 8.97. The summed E-state index contributed by atoms with van der Waals surface area (Å²) in [5, 5.41) is 0. The van der Waals surface area contributed by atoms with Gasteiger partial charge in [0.25, 0.3) is 0 Å². The molecule has 0 aromatic heterocycles. The molecule has 12 heavy (non-hydrogen) atoms. The maximum absolute atomic E-state index is 12.7. The Balaban J connectivity index is 2.81. The minimum atomic E-state index is -0.801. The van der Waals surface area contributed by atoms with Gasteiger partial charge < -0.3 is 4.74 Å². The molecule has 0 heterocycles. The second-order valence-electron chi connectivity index (χ2n) is 1.99. The van der Waals surface area contributed by atoms with Crippen LogP contribution in [0.3, 0.4) is 0 Å². The van der Waals surface area contributed by atoms with Crippen molar-refractivity contribution in [3.05, 3.63) is 29.8 Å². The van der Waals surface area contributed by atoms with Crippen molar-refractivity contribution in [3.63, 3.8) is 0 Å². The van der Waals surface area contributed by atoms with Crippen LogP contribution in [0.15, 0.2) is 12.1 Å². The molecule has 0 N–H and O–H groups in total. The molecule has 0 aliphatic rings. The van der Waals surface area contributed by atoms with Crippen molar-refractivity contribution in [1.29, 1.82) is 0 Å². The maximum Gasteiger partial charge on any atom is 0.168 e. The van der Waals surface area contributed by atoms with Gasteiger partial charge in [-0.2, -0.15) is 0 Å². The van der Waals surface area contributed by atoms with E-state index >= 15 is 0 Å². The highest BCUT2D eigenvalue weighted by Crippen LogP contribution is 2.16. The van der Waals surface area contributed by atoms with Crippen LogP contribution >= 0.6 is 0 Å². The summed E-state index contributed by atoms with van der Waals surface area (Å²) in [6, 6.07) is 3.96. The van der Waals surface area contributed by atoms with Gasteiger partial charge in [-0.1, -0.05) is 5.92 Å². The van der Waals surface area contributed by atoms with E-state index in [1.54, 1.807) is 0 Å². The molecule has 1 aromatic rings. The fraction of sp³-hybridized carbons (Fsp3) is 0.111. The van der Waals surface area contributed by atoms with Crippen LogP contribution < -0.4 is 4.74 Å². The summed E-state index contributed by atoms with van der Waals surface area (Å²) in [4.78, 5) is 0. The molecule has 0 saturated carbocycles.